The van der Waals surface area contributed by atoms with E-state index in [9.17, 15) is 0 Å². The van der Waals surface area contributed by atoms with E-state index < -0.39 is 0 Å². The second-order valence-corrected chi connectivity index (χ2v) is 3.25. The summed E-state index contributed by atoms with van der Waals surface area (Å²) in [5, 5.41) is 0. The number of benzene rings is 1. The number of hydrogen-bond donors (Lipinski definition) is 0. The summed E-state index contributed by atoms with van der Waals surface area (Å²) in [5.41, 5.74) is 1.19. The highest BCUT2D eigenvalue weighted by Gasteiger charge is 2.02. The van der Waals surface area contributed by atoms with E-state index in [-0.39, 0.29) is 6.29 Å². The molecular weight excluding hydrogens is 202 g/mol. The van der Waals surface area contributed by atoms with Crippen LogP contribution in [-0.4, -0.2) is 25.7 Å². The molecule has 16 heavy (non-hydrogen) atoms. The number of hydrogen-bond acceptors (Lipinski definition) is 3. The SMILES string of the molecule is CCOC(C=NCc1ccccc1)OCC. The van der Waals surface area contributed by atoms with Gasteiger partial charge in [-0.25, -0.2) is 0 Å². The van der Waals surface area contributed by atoms with Gasteiger partial charge in [-0.05, 0) is 19.4 Å². The van der Waals surface area contributed by atoms with Crippen molar-refractivity contribution < 1.29 is 9.47 Å². The van der Waals surface area contributed by atoms with E-state index in [2.05, 4.69) is 4.99 Å². The molecule has 0 amide bonds. The van der Waals surface area contributed by atoms with Crippen LogP contribution in [0, 0.1) is 0 Å². The van der Waals surface area contributed by atoms with Crippen molar-refractivity contribution in [1.82, 2.24) is 0 Å². The smallest absolute Gasteiger partial charge is 0.193 e. The van der Waals surface area contributed by atoms with Gasteiger partial charge in [0.2, 0.25) is 0 Å². The zero-order valence-corrected chi connectivity index (χ0v) is 9.93. The summed E-state index contributed by atoms with van der Waals surface area (Å²) in [4.78, 5) is 4.30. The molecule has 1 rings (SSSR count). The van der Waals surface area contributed by atoms with E-state index in [0.717, 1.165) is 0 Å². The predicted molar refractivity (Wildman–Crippen MR) is 65.7 cm³/mol. The van der Waals surface area contributed by atoms with Gasteiger partial charge in [0.25, 0.3) is 0 Å². The number of rotatable bonds is 7. The molecule has 0 saturated heterocycles. The Kier molecular flexibility index (Phi) is 6.45. The zero-order valence-electron chi connectivity index (χ0n) is 9.93. The molecule has 0 saturated carbocycles. The van der Waals surface area contributed by atoms with Crippen molar-refractivity contribution in [3.05, 3.63) is 35.9 Å². The third kappa shape index (κ3) is 5.05. The molecule has 3 heteroatoms. The first-order valence-electron chi connectivity index (χ1n) is 5.63. The summed E-state index contributed by atoms with van der Waals surface area (Å²) in [6, 6.07) is 10.1. The average Bonchev–Trinajstić information content (AvgIpc) is 2.31. The van der Waals surface area contributed by atoms with Crippen molar-refractivity contribution in [2.75, 3.05) is 13.2 Å². The van der Waals surface area contributed by atoms with Gasteiger partial charge >= 0.3 is 0 Å². The number of aliphatic imine (C=N–C) groups is 1. The highest BCUT2D eigenvalue weighted by molar-refractivity contribution is 5.61. The van der Waals surface area contributed by atoms with Crippen molar-refractivity contribution in [2.45, 2.75) is 26.7 Å². The van der Waals surface area contributed by atoms with E-state index in [0.29, 0.717) is 19.8 Å². The maximum absolute atomic E-state index is 5.35. The van der Waals surface area contributed by atoms with Crippen LogP contribution in [0.25, 0.3) is 0 Å². The first-order chi connectivity index (χ1) is 7.86. The lowest BCUT2D eigenvalue weighted by molar-refractivity contribution is -0.0868. The molecule has 0 bridgehead atoms. The molecule has 0 aliphatic rings. The van der Waals surface area contributed by atoms with Crippen molar-refractivity contribution in [3.8, 4) is 0 Å². The van der Waals surface area contributed by atoms with Gasteiger partial charge in [-0.15, -0.1) is 0 Å². The lowest BCUT2D eigenvalue weighted by Gasteiger charge is -2.11. The summed E-state index contributed by atoms with van der Waals surface area (Å²) < 4.78 is 10.7. The summed E-state index contributed by atoms with van der Waals surface area (Å²) in [6.45, 7) is 5.80. The summed E-state index contributed by atoms with van der Waals surface area (Å²) in [6.07, 6.45) is 1.40. The first kappa shape index (κ1) is 12.9. The van der Waals surface area contributed by atoms with Gasteiger partial charge in [-0.1, -0.05) is 30.3 Å². The van der Waals surface area contributed by atoms with Crippen LogP contribution in [0.4, 0.5) is 0 Å². The largest absolute Gasteiger partial charge is 0.348 e. The normalized spacial score (nSPS) is 11.4. The highest BCUT2D eigenvalue weighted by atomic mass is 16.7. The molecule has 0 aliphatic heterocycles. The Morgan fingerprint density at radius 1 is 1.12 bits per heavy atom. The molecule has 1 aromatic carbocycles. The summed E-state index contributed by atoms with van der Waals surface area (Å²) >= 11 is 0. The highest BCUT2D eigenvalue weighted by Crippen LogP contribution is 2.00. The van der Waals surface area contributed by atoms with Gasteiger partial charge < -0.3 is 9.47 Å². The molecular formula is C13H19NO2. The van der Waals surface area contributed by atoms with Crippen molar-refractivity contribution >= 4 is 6.21 Å². The summed E-state index contributed by atoms with van der Waals surface area (Å²) in [7, 11) is 0. The molecule has 0 spiro atoms. The fraction of sp³-hybridized carbons (Fsp3) is 0.462. The Bertz CT molecular complexity index is 292. The van der Waals surface area contributed by atoms with Crippen LogP contribution in [0.15, 0.2) is 35.3 Å². The van der Waals surface area contributed by atoms with E-state index in [4.69, 9.17) is 9.47 Å². The molecule has 0 atom stereocenters. The van der Waals surface area contributed by atoms with Crippen LogP contribution in [0.2, 0.25) is 0 Å². The van der Waals surface area contributed by atoms with Gasteiger partial charge in [0, 0.05) is 13.2 Å². The lowest BCUT2D eigenvalue weighted by Crippen LogP contribution is -2.18. The maximum atomic E-state index is 5.35. The molecule has 0 heterocycles. The average molecular weight is 221 g/mol. The molecule has 3 nitrogen and oxygen atoms in total. The second kappa shape index (κ2) is 8.02. The van der Waals surface area contributed by atoms with Gasteiger partial charge in [0.05, 0.1) is 12.8 Å². The van der Waals surface area contributed by atoms with Crippen molar-refractivity contribution in [1.29, 1.82) is 0 Å². The Morgan fingerprint density at radius 2 is 1.75 bits per heavy atom. The predicted octanol–water partition coefficient (Wildman–Crippen LogP) is 2.66. The van der Waals surface area contributed by atoms with E-state index in [1.54, 1.807) is 6.21 Å². The standard InChI is InChI=1S/C13H19NO2/c1-3-15-13(16-4-2)11-14-10-12-8-6-5-7-9-12/h5-9,11,13H,3-4,10H2,1-2H3. The minimum atomic E-state index is -0.321. The monoisotopic (exact) mass is 221 g/mol. The van der Waals surface area contributed by atoms with Gasteiger partial charge in [0.1, 0.15) is 0 Å². The quantitative estimate of drug-likeness (QED) is 0.523. The van der Waals surface area contributed by atoms with E-state index in [1.807, 2.05) is 44.2 Å². The Hall–Kier alpha value is -1.19. The van der Waals surface area contributed by atoms with Gasteiger partial charge in [0.15, 0.2) is 6.29 Å². The molecule has 88 valence electrons. The third-order valence-corrected chi connectivity index (χ3v) is 2.01. The van der Waals surface area contributed by atoms with Crippen LogP contribution in [0.1, 0.15) is 19.4 Å². The van der Waals surface area contributed by atoms with E-state index in [1.165, 1.54) is 5.56 Å². The summed E-state index contributed by atoms with van der Waals surface area (Å²) in [5.74, 6) is 0. The zero-order chi connectivity index (χ0) is 11.6. The fourth-order valence-corrected chi connectivity index (χ4v) is 1.29. The van der Waals surface area contributed by atoms with E-state index >= 15 is 0 Å². The molecule has 0 N–H and O–H groups in total. The molecule has 0 radical (unpaired) electrons. The number of ether oxygens (including phenoxy) is 2. The van der Waals surface area contributed by atoms with Crippen molar-refractivity contribution in [3.63, 3.8) is 0 Å². The van der Waals surface area contributed by atoms with Crippen LogP contribution in [0.5, 0.6) is 0 Å². The Balaban J connectivity index is 2.39. The number of nitrogens with zero attached hydrogens (tertiary/aromatic N) is 1. The van der Waals surface area contributed by atoms with Gasteiger partial charge in [-0.3, -0.25) is 4.99 Å². The van der Waals surface area contributed by atoms with Crippen molar-refractivity contribution in [2.24, 2.45) is 4.99 Å². The molecule has 0 unspecified atom stereocenters. The lowest BCUT2D eigenvalue weighted by atomic mass is 10.2. The third-order valence-electron chi connectivity index (χ3n) is 2.01. The Morgan fingerprint density at radius 3 is 2.31 bits per heavy atom. The molecule has 0 fully saturated rings. The Labute approximate surface area is 97.1 Å². The van der Waals surface area contributed by atoms with Crippen LogP contribution >= 0.6 is 0 Å². The minimum absolute atomic E-state index is 0.321. The maximum Gasteiger partial charge on any atom is 0.193 e. The van der Waals surface area contributed by atoms with Crippen LogP contribution in [0.3, 0.4) is 0 Å². The fourth-order valence-electron chi connectivity index (χ4n) is 1.29. The minimum Gasteiger partial charge on any atom is -0.348 e. The van der Waals surface area contributed by atoms with Gasteiger partial charge in [-0.2, -0.15) is 0 Å². The van der Waals surface area contributed by atoms with Crippen LogP contribution in [-0.2, 0) is 16.0 Å². The first-order valence-corrected chi connectivity index (χ1v) is 5.63. The molecule has 0 aliphatic carbocycles. The topological polar surface area (TPSA) is 30.8 Å². The second-order valence-electron chi connectivity index (χ2n) is 3.25. The molecule has 1 aromatic rings. The molecule has 0 aromatic heterocycles. The van der Waals surface area contributed by atoms with Crippen LogP contribution < -0.4 is 0 Å².